The molecule has 0 aliphatic rings. The van der Waals surface area contributed by atoms with Crippen molar-refractivity contribution in [3.8, 4) is 0 Å². The van der Waals surface area contributed by atoms with Crippen LogP contribution in [0.25, 0.3) is 0 Å². The lowest BCUT2D eigenvalue weighted by Crippen LogP contribution is -2.48. The number of hydrogen-bond acceptors (Lipinski definition) is 2. The predicted octanol–water partition coefficient (Wildman–Crippen LogP) is 4.45. The molecule has 2 amide bonds. The Kier molecular flexibility index (Phi) is 13.1. The van der Waals surface area contributed by atoms with E-state index in [1.165, 1.54) is 44.9 Å². The smallest absolute Gasteiger partial charge is 0.275 e. The minimum atomic E-state index is -0.0385. The number of carbonyl (C=O) groups excluding carboxylic acids is 2. The van der Waals surface area contributed by atoms with Crippen molar-refractivity contribution in [2.45, 2.75) is 71.6 Å². The molecule has 0 saturated carbocycles. The summed E-state index contributed by atoms with van der Waals surface area (Å²) in [4.78, 5) is 24.4. The van der Waals surface area contributed by atoms with E-state index in [0.717, 1.165) is 31.5 Å². The summed E-state index contributed by atoms with van der Waals surface area (Å²) in [6.45, 7) is 6.97. The first-order chi connectivity index (χ1) is 14.3. The summed E-state index contributed by atoms with van der Waals surface area (Å²) in [7, 11) is 4.13. The minimum Gasteiger partial charge on any atom is -0.352 e. The van der Waals surface area contributed by atoms with Crippen LogP contribution in [0.1, 0.15) is 80.6 Å². The van der Waals surface area contributed by atoms with E-state index in [-0.39, 0.29) is 11.8 Å². The molecule has 0 fully saturated rings. The zero-order valence-corrected chi connectivity index (χ0v) is 19.8. The fraction of sp³-hybridized carbons (Fsp3) is 0.680. The van der Waals surface area contributed by atoms with Gasteiger partial charge in [0, 0.05) is 25.1 Å². The first-order valence-electron chi connectivity index (χ1n) is 11.8. The van der Waals surface area contributed by atoms with Gasteiger partial charge in [-0.25, -0.2) is 0 Å². The second-order valence-corrected chi connectivity index (χ2v) is 9.12. The second-order valence-electron chi connectivity index (χ2n) is 9.12. The third-order valence-corrected chi connectivity index (χ3v) is 5.46. The molecule has 0 aliphatic carbocycles. The number of nitrogens with one attached hydrogen (secondary N) is 2. The number of amides is 2. The fourth-order valence-electron chi connectivity index (χ4n) is 3.53. The summed E-state index contributed by atoms with van der Waals surface area (Å²) in [5.74, 6) is 0.0787. The number of aryl methyl sites for hydroxylation is 1. The van der Waals surface area contributed by atoms with Gasteiger partial charge in [-0.2, -0.15) is 0 Å². The Balaban J connectivity index is 2.09. The van der Waals surface area contributed by atoms with Crippen molar-refractivity contribution < 1.29 is 14.1 Å². The van der Waals surface area contributed by atoms with E-state index in [4.69, 9.17) is 0 Å². The van der Waals surface area contributed by atoms with Crippen molar-refractivity contribution in [1.29, 1.82) is 0 Å². The molecule has 5 heteroatoms. The van der Waals surface area contributed by atoms with E-state index in [2.05, 4.69) is 31.7 Å². The van der Waals surface area contributed by atoms with E-state index in [1.54, 1.807) is 0 Å². The Morgan fingerprint density at radius 3 is 2.00 bits per heavy atom. The average Bonchev–Trinajstić information content (AvgIpc) is 2.70. The monoisotopic (exact) mass is 418 g/mol. The van der Waals surface area contributed by atoms with Gasteiger partial charge in [0.15, 0.2) is 6.54 Å². The molecule has 1 rings (SSSR count). The van der Waals surface area contributed by atoms with Crippen LogP contribution >= 0.6 is 0 Å². The summed E-state index contributed by atoms with van der Waals surface area (Å²) >= 11 is 0. The molecule has 2 N–H and O–H groups in total. The Labute approximate surface area is 184 Å². The number of hydrogen-bond donors (Lipinski definition) is 2. The van der Waals surface area contributed by atoms with Gasteiger partial charge in [0.25, 0.3) is 11.8 Å². The maximum atomic E-state index is 12.2. The third-order valence-electron chi connectivity index (χ3n) is 5.46. The molecule has 0 heterocycles. The molecule has 0 bridgehead atoms. The van der Waals surface area contributed by atoms with Crippen LogP contribution in [0.2, 0.25) is 0 Å². The van der Waals surface area contributed by atoms with Crippen LogP contribution in [0.5, 0.6) is 0 Å². The van der Waals surface area contributed by atoms with Crippen molar-refractivity contribution in [3.05, 3.63) is 35.4 Å². The number of quaternary nitrogens is 1. The first kappa shape index (κ1) is 26.2. The highest BCUT2D eigenvalue weighted by molar-refractivity contribution is 5.94. The van der Waals surface area contributed by atoms with Gasteiger partial charge in [-0.1, -0.05) is 69.6 Å². The molecule has 0 saturated heterocycles. The summed E-state index contributed by atoms with van der Waals surface area (Å²) in [5, 5.41) is 6.02. The quantitative estimate of drug-likeness (QED) is 0.308. The molecule has 5 nitrogen and oxygen atoms in total. The Morgan fingerprint density at radius 1 is 0.800 bits per heavy atom. The summed E-state index contributed by atoms with van der Waals surface area (Å²) in [5.41, 5.74) is 1.83. The van der Waals surface area contributed by atoms with Crippen molar-refractivity contribution in [2.75, 3.05) is 40.3 Å². The number of benzene rings is 1. The van der Waals surface area contributed by atoms with Crippen LogP contribution in [0, 0.1) is 6.92 Å². The van der Waals surface area contributed by atoms with Crippen LogP contribution in [-0.2, 0) is 4.79 Å². The van der Waals surface area contributed by atoms with Gasteiger partial charge in [-0.05, 0) is 25.5 Å². The van der Waals surface area contributed by atoms with Gasteiger partial charge in [0.1, 0.15) is 0 Å². The molecular formula is C25H44N3O2+. The highest BCUT2D eigenvalue weighted by atomic mass is 16.2. The highest BCUT2D eigenvalue weighted by Gasteiger charge is 2.19. The van der Waals surface area contributed by atoms with Crippen molar-refractivity contribution in [1.82, 2.24) is 10.6 Å². The molecule has 30 heavy (non-hydrogen) atoms. The van der Waals surface area contributed by atoms with Crippen molar-refractivity contribution in [3.63, 3.8) is 0 Å². The molecule has 0 unspecified atom stereocenters. The minimum absolute atomic E-state index is 0.0385. The predicted molar refractivity (Wildman–Crippen MR) is 126 cm³/mol. The van der Waals surface area contributed by atoms with Crippen LogP contribution in [0.4, 0.5) is 0 Å². The molecule has 0 spiro atoms. The zero-order chi connectivity index (χ0) is 22.2. The SMILES string of the molecule is CCCCCCCCCCNC(=O)C[N+](C)(C)CCCNC(=O)c1ccc(C)cc1. The lowest BCUT2D eigenvalue weighted by Gasteiger charge is -2.29. The Bertz CT molecular complexity index is 611. The van der Waals surface area contributed by atoms with E-state index in [0.29, 0.717) is 23.1 Å². The molecule has 0 aliphatic heterocycles. The van der Waals surface area contributed by atoms with Crippen molar-refractivity contribution in [2.24, 2.45) is 0 Å². The van der Waals surface area contributed by atoms with Crippen molar-refractivity contribution >= 4 is 11.8 Å². The van der Waals surface area contributed by atoms with Gasteiger partial charge >= 0.3 is 0 Å². The summed E-state index contributed by atoms with van der Waals surface area (Å²) in [6.07, 6.45) is 11.0. The molecule has 1 aromatic rings. The van der Waals surface area contributed by atoms with Crippen LogP contribution in [0.3, 0.4) is 0 Å². The summed E-state index contributed by atoms with van der Waals surface area (Å²) < 4.78 is 0.629. The molecule has 1 aromatic carbocycles. The zero-order valence-electron chi connectivity index (χ0n) is 19.8. The molecule has 0 aromatic heterocycles. The van der Waals surface area contributed by atoms with Gasteiger partial charge in [-0.15, -0.1) is 0 Å². The van der Waals surface area contributed by atoms with E-state index >= 15 is 0 Å². The van der Waals surface area contributed by atoms with Gasteiger partial charge in [0.05, 0.1) is 20.6 Å². The fourth-order valence-corrected chi connectivity index (χ4v) is 3.53. The van der Waals surface area contributed by atoms with Gasteiger partial charge in [0.2, 0.25) is 0 Å². The summed E-state index contributed by atoms with van der Waals surface area (Å²) in [6, 6.07) is 7.59. The number of nitrogens with zero attached hydrogens (tertiary/aromatic N) is 1. The van der Waals surface area contributed by atoms with Gasteiger partial charge < -0.3 is 15.1 Å². The van der Waals surface area contributed by atoms with E-state index < -0.39 is 0 Å². The average molecular weight is 419 g/mol. The number of likely N-dealkylation sites (N-methyl/N-ethyl adjacent to an activating group) is 1. The molecular weight excluding hydrogens is 374 g/mol. The number of rotatable bonds is 16. The van der Waals surface area contributed by atoms with E-state index in [9.17, 15) is 9.59 Å². The highest BCUT2D eigenvalue weighted by Crippen LogP contribution is 2.08. The normalized spacial score (nSPS) is 11.3. The lowest BCUT2D eigenvalue weighted by molar-refractivity contribution is -0.882. The topological polar surface area (TPSA) is 58.2 Å². The molecule has 0 radical (unpaired) electrons. The largest absolute Gasteiger partial charge is 0.352 e. The number of unbranched alkanes of at least 4 members (excludes halogenated alkanes) is 7. The van der Waals surface area contributed by atoms with Crippen LogP contribution in [-0.4, -0.2) is 56.6 Å². The first-order valence-corrected chi connectivity index (χ1v) is 11.8. The lowest BCUT2D eigenvalue weighted by atomic mass is 10.1. The Morgan fingerprint density at radius 2 is 1.37 bits per heavy atom. The van der Waals surface area contributed by atoms with Crippen LogP contribution in [0.15, 0.2) is 24.3 Å². The number of carbonyl (C=O) groups is 2. The van der Waals surface area contributed by atoms with Gasteiger partial charge in [-0.3, -0.25) is 9.59 Å². The molecule has 0 atom stereocenters. The second kappa shape index (κ2) is 15.0. The van der Waals surface area contributed by atoms with E-state index in [1.807, 2.05) is 31.2 Å². The third kappa shape index (κ3) is 12.6. The molecule has 170 valence electrons. The standard InChI is InChI=1S/C25H43N3O2/c1-5-6-7-8-9-10-11-12-18-26-24(29)21-28(3,4)20-13-19-27-25(30)23-16-14-22(2)15-17-23/h14-17H,5-13,18-21H2,1-4H3,(H-,26,27,29,30)/p+1. The Hall–Kier alpha value is -1.88. The maximum absolute atomic E-state index is 12.2. The van der Waals surface area contributed by atoms with Crippen LogP contribution < -0.4 is 10.6 Å². The maximum Gasteiger partial charge on any atom is 0.275 e.